The van der Waals surface area contributed by atoms with Gasteiger partial charge in [0.05, 0.1) is 15.5 Å². The average Bonchev–Trinajstić information content (AvgIpc) is 3.13. The van der Waals surface area contributed by atoms with Gasteiger partial charge in [0.1, 0.15) is 5.01 Å². The Morgan fingerprint density at radius 3 is 2.46 bits per heavy atom. The predicted molar refractivity (Wildman–Crippen MR) is 100 cm³/mol. The Balaban J connectivity index is 1.80. The maximum atomic E-state index is 12.5. The Morgan fingerprint density at radius 2 is 1.83 bits per heavy atom. The van der Waals surface area contributed by atoms with Gasteiger partial charge in [-0.05, 0) is 55.5 Å². The van der Waals surface area contributed by atoms with E-state index in [1.54, 1.807) is 23.5 Å². The van der Waals surface area contributed by atoms with Crippen molar-refractivity contribution < 1.29 is 8.42 Å². The molecule has 0 fully saturated rings. The van der Waals surface area contributed by atoms with E-state index in [1.807, 2.05) is 44.4 Å². The zero-order chi connectivity index (χ0) is 17.3. The Morgan fingerprint density at radius 1 is 1.12 bits per heavy atom. The third kappa shape index (κ3) is 3.75. The number of nitrogens with zero attached hydrogens (tertiary/aromatic N) is 1. The summed E-state index contributed by atoms with van der Waals surface area (Å²) in [4.78, 5) is 6.89. The van der Waals surface area contributed by atoms with Crippen molar-refractivity contribution in [3.63, 3.8) is 0 Å². The molecule has 2 heterocycles. The van der Waals surface area contributed by atoms with E-state index in [4.69, 9.17) is 0 Å². The molecule has 2 aromatic heterocycles. The van der Waals surface area contributed by atoms with E-state index >= 15 is 0 Å². The summed E-state index contributed by atoms with van der Waals surface area (Å²) in [6.45, 7) is 5.96. The molecule has 3 aromatic rings. The maximum Gasteiger partial charge on any atom is 0.240 e. The lowest BCUT2D eigenvalue weighted by molar-refractivity contribution is 0.581. The summed E-state index contributed by atoms with van der Waals surface area (Å²) < 4.78 is 27.8. The fourth-order valence-electron chi connectivity index (χ4n) is 2.43. The van der Waals surface area contributed by atoms with Gasteiger partial charge in [0, 0.05) is 11.4 Å². The molecule has 0 aliphatic rings. The first-order valence-electron chi connectivity index (χ1n) is 7.43. The third-order valence-corrected chi connectivity index (χ3v) is 7.13. The van der Waals surface area contributed by atoms with E-state index in [0.29, 0.717) is 4.90 Å². The van der Waals surface area contributed by atoms with Gasteiger partial charge in [-0.25, -0.2) is 18.1 Å². The van der Waals surface area contributed by atoms with Gasteiger partial charge >= 0.3 is 0 Å². The molecule has 0 unspecified atom stereocenters. The van der Waals surface area contributed by atoms with E-state index in [-0.39, 0.29) is 6.54 Å². The van der Waals surface area contributed by atoms with Crippen LogP contribution in [0, 0.1) is 20.8 Å². The minimum atomic E-state index is -3.53. The predicted octanol–water partition coefficient (Wildman–Crippen LogP) is 4.28. The molecule has 0 bridgehead atoms. The maximum absolute atomic E-state index is 12.5. The van der Waals surface area contributed by atoms with E-state index in [2.05, 4.69) is 9.71 Å². The van der Waals surface area contributed by atoms with Gasteiger partial charge in [-0.2, -0.15) is 0 Å². The summed E-state index contributed by atoms with van der Waals surface area (Å²) in [5.74, 6) is 0. The van der Waals surface area contributed by atoms with Crippen molar-refractivity contribution in [2.24, 2.45) is 0 Å². The van der Waals surface area contributed by atoms with E-state index < -0.39 is 10.0 Å². The molecule has 0 saturated heterocycles. The van der Waals surface area contributed by atoms with Crippen LogP contribution in [0.5, 0.6) is 0 Å². The van der Waals surface area contributed by atoms with Crippen LogP contribution in [0.15, 0.2) is 40.6 Å². The summed E-state index contributed by atoms with van der Waals surface area (Å²) in [5.41, 5.74) is 2.74. The van der Waals surface area contributed by atoms with Crippen molar-refractivity contribution >= 4 is 32.7 Å². The fourth-order valence-corrected chi connectivity index (χ4v) is 5.50. The Kier molecular flexibility index (Phi) is 4.87. The topological polar surface area (TPSA) is 59.1 Å². The second-order valence-corrected chi connectivity index (χ2v) is 9.45. The molecule has 0 aliphatic carbocycles. The van der Waals surface area contributed by atoms with Crippen molar-refractivity contribution in [2.75, 3.05) is 0 Å². The van der Waals surface area contributed by atoms with Gasteiger partial charge < -0.3 is 0 Å². The normalized spacial score (nSPS) is 11.8. The number of nitrogens with one attached hydrogen (secondary N) is 1. The average molecular weight is 379 g/mol. The molecule has 0 atom stereocenters. The number of thiophene rings is 1. The SMILES string of the molecule is Cc1cc(C)cc(S(=O)(=O)NCc2sc(-c3cccs3)nc2C)c1. The second-order valence-electron chi connectivity index (χ2n) is 5.65. The first-order chi connectivity index (χ1) is 11.3. The van der Waals surface area contributed by atoms with Gasteiger partial charge in [-0.15, -0.1) is 22.7 Å². The molecule has 0 amide bonds. The number of aryl methyl sites for hydroxylation is 3. The number of benzene rings is 1. The first kappa shape index (κ1) is 17.3. The molecular weight excluding hydrogens is 360 g/mol. The number of hydrogen-bond acceptors (Lipinski definition) is 5. The third-order valence-electron chi connectivity index (χ3n) is 3.55. The van der Waals surface area contributed by atoms with Crippen LogP contribution in [-0.4, -0.2) is 13.4 Å². The smallest absolute Gasteiger partial charge is 0.240 e. The van der Waals surface area contributed by atoms with Crippen LogP contribution < -0.4 is 4.72 Å². The number of rotatable bonds is 5. The molecule has 126 valence electrons. The van der Waals surface area contributed by atoms with Crippen LogP contribution >= 0.6 is 22.7 Å². The van der Waals surface area contributed by atoms with Crippen LogP contribution in [0.4, 0.5) is 0 Å². The first-order valence-corrected chi connectivity index (χ1v) is 10.6. The van der Waals surface area contributed by atoms with E-state index in [0.717, 1.165) is 31.6 Å². The molecule has 1 aromatic carbocycles. The highest BCUT2D eigenvalue weighted by Crippen LogP contribution is 2.31. The Bertz CT molecular complexity index is 938. The monoisotopic (exact) mass is 378 g/mol. The highest BCUT2D eigenvalue weighted by atomic mass is 32.2. The largest absolute Gasteiger partial charge is 0.240 e. The molecule has 0 radical (unpaired) electrons. The number of hydrogen-bond donors (Lipinski definition) is 1. The second kappa shape index (κ2) is 6.76. The van der Waals surface area contributed by atoms with Crippen molar-refractivity contribution in [3.8, 4) is 9.88 Å². The lowest BCUT2D eigenvalue weighted by Crippen LogP contribution is -2.23. The Labute approximate surface area is 150 Å². The molecule has 3 rings (SSSR count). The van der Waals surface area contributed by atoms with Gasteiger partial charge in [-0.3, -0.25) is 0 Å². The minimum Gasteiger partial charge on any atom is -0.240 e. The molecule has 0 saturated carbocycles. The van der Waals surface area contributed by atoms with E-state index in [9.17, 15) is 8.42 Å². The van der Waals surface area contributed by atoms with Gasteiger partial charge in [-0.1, -0.05) is 12.1 Å². The van der Waals surface area contributed by atoms with Crippen LogP contribution in [0.25, 0.3) is 9.88 Å². The highest BCUT2D eigenvalue weighted by molar-refractivity contribution is 7.89. The van der Waals surface area contributed by atoms with Gasteiger partial charge in [0.25, 0.3) is 0 Å². The summed E-state index contributed by atoms with van der Waals surface area (Å²) in [7, 11) is -3.53. The van der Waals surface area contributed by atoms with Crippen molar-refractivity contribution in [1.29, 1.82) is 0 Å². The van der Waals surface area contributed by atoms with Gasteiger partial charge in [0.15, 0.2) is 0 Å². The number of sulfonamides is 1. The molecule has 0 aliphatic heterocycles. The highest BCUT2D eigenvalue weighted by Gasteiger charge is 2.17. The summed E-state index contributed by atoms with van der Waals surface area (Å²) >= 11 is 3.16. The lowest BCUT2D eigenvalue weighted by Gasteiger charge is -2.08. The standard InChI is InChI=1S/C17H18N2O2S3/c1-11-7-12(2)9-14(8-11)24(20,21)18-10-16-13(3)19-17(23-16)15-5-4-6-22-15/h4-9,18H,10H2,1-3H3. The fraction of sp³-hybridized carbons (Fsp3) is 0.235. The lowest BCUT2D eigenvalue weighted by atomic mass is 10.2. The quantitative estimate of drug-likeness (QED) is 0.721. The number of thiazole rings is 1. The minimum absolute atomic E-state index is 0.254. The molecule has 0 spiro atoms. The summed E-state index contributed by atoms with van der Waals surface area (Å²) in [5, 5.41) is 2.94. The zero-order valence-corrected chi connectivity index (χ0v) is 16.1. The van der Waals surface area contributed by atoms with Crippen molar-refractivity contribution in [2.45, 2.75) is 32.2 Å². The Hall–Kier alpha value is -1.54. The van der Waals surface area contributed by atoms with Crippen LogP contribution in [0.2, 0.25) is 0 Å². The molecule has 24 heavy (non-hydrogen) atoms. The molecule has 4 nitrogen and oxygen atoms in total. The molecule has 1 N–H and O–H groups in total. The van der Waals surface area contributed by atoms with Crippen LogP contribution in [0.1, 0.15) is 21.7 Å². The number of aromatic nitrogens is 1. The van der Waals surface area contributed by atoms with Crippen LogP contribution in [0.3, 0.4) is 0 Å². The van der Waals surface area contributed by atoms with Crippen molar-refractivity contribution in [1.82, 2.24) is 9.71 Å². The summed E-state index contributed by atoms with van der Waals surface area (Å²) in [6.07, 6.45) is 0. The summed E-state index contributed by atoms with van der Waals surface area (Å²) in [6, 6.07) is 9.34. The van der Waals surface area contributed by atoms with Crippen molar-refractivity contribution in [3.05, 3.63) is 57.4 Å². The van der Waals surface area contributed by atoms with Gasteiger partial charge in [0.2, 0.25) is 10.0 Å². The van der Waals surface area contributed by atoms with E-state index in [1.165, 1.54) is 11.3 Å². The zero-order valence-electron chi connectivity index (χ0n) is 13.7. The molecular formula is C17H18N2O2S3. The molecule has 7 heteroatoms. The van der Waals surface area contributed by atoms with Crippen LogP contribution in [-0.2, 0) is 16.6 Å².